The molecule has 0 aliphatic carbocycles. The van der Waals surface area contributed by atoms with Gasteiger partial charge in [0.1, 0.15) is 0 Å². The van der Waals surface area contributed by atoms with E-state index < -0.39 is 0 Å². The Bertz CT molecular complexity index is 317. The Morgan fingerprint density at radius 2 is 2.00 bits per heavy atom. The van der Waals surface area contributed by atoms with Crippen molar-refractivity contribution in [3.05, 3.63) is 22.4 Å². The first-order chi connectivity index (χ1) is 8.26. The maximum absolute atomic E-state index is 4.58. The average Bonchev–Trinajstić information content (AvgIpc) is 2.79. The molecule has 2 N–H and O–H groups in total. The van der Waals surface area contributed by atoms with E-state index in [1.54, 1.807) is 0 Å². The minimum atomic E-state index is 0. The van der Waals surface area contributed by atoms with Crippen LogP contribution in [0.1, 0.15) is 25.6 Å². The van der Waals surface area contributed by atoms with Gasteiger partial charge in [-0.25, -0.2) is 0 Å². The van der Waals surface area contributed by atoms with Gasteiger partial charge < -0.3 is 10.6 Å². The first-order valence-corrected chi connectivity index (χ1v) is 7.18. The van der Waals surface area contributed by atoms with Gasteiger partial charge in [-0.3, -0.25) is 4.99 Å². The van der Waals surface area contributed by atoms with Gasteiger partial charge in [0, 0.05) is 24.5 Å². The van der Waals surface area contributed by atoms with Crippen LogP contribution in [0.4, 0.5) is 0 Å². The third-order valence-electron chi connectivity index (χ3n) is 2.38. The van der Waals surface area contributed by atoms with Gasteiger partial charge in [-0.05, 0) is 37.6 Å². The van der Waals surface area contributed by atoms with Crippen LogP contribution in [0.25, 0.3) is 0 Å². The molecular weight excluding hydrogens is 357 g/mol. The Hall–Kier alpha value is -0.300. The van der Waals surface area contributed by atoms with Crippen LogP contribution in [-0.4, -0.2) is 25.6 Å². The smallest absolute Gasteiger partial charge is 0.191 e. The molecule has 1 atom stereocenters. The van der Waals surface area contributed by atoms with Crippen molar-refractivity contribution in [3.8, 4) is 0 Å². The van der Waals surface area contributed by atoms with Crippen LogP contribution >= 0.6 is 35.3 Å². The molecule has 5 heteroatoms. The lowest BCUT2D eigenvalue weighted by Crippen LogP contribution is -2.37. The van der Waals surface area contributed by atoms with Crippen molar-refractivity contribution < 1.29 is 0 Å². The predicted molar refractivity (Wildman–Crippen MR) is 92.3 cm³/mol. The fourth-order valence-corrected chi connectivity index (χ4v) is 2.46. The zero-order valence-corrected chi connectivity index (χ0v) is 14.5. The highest BCUT2D eigenvalue weighted by atomic mass is 127. The minimum absolute atomic E-state index is 0. The van der Waals surface area contributed by atoms with Gasteiger partial charge in [0.15, 0.2) is 5.96 Å². The van der Waals surface area contributed by atoms with Crippen molar-refractivity contribution in [2.24, 2.45) is 10.9 Å². The second-order valence-electron chi connectivity index (χ2n) is 4.14. The van der Waals surface area contributed by atoms with Gasteiger partial charge in [-0.15, -0.1) is 35.3 Å². The molecule has 0 radical (unpaired) electrons. The Kier molecular flexibility index (Phi) is 10.4. The van der Waals surface area contributed by atoms with Crippen molar-refractivity contribution in [1.29, 1.82) is 0 Å². The summed E-state index contributed by atoms with van der Waals surface area (Å²) in [6.45, 7) is 9.10. The van der Waals surface area contributed by atoms with E-state index in [0.717, 1.165) is 32.0 Å². The van der Waals surface area contributed by atoms with Crippen molar-refractivity contribution >= 4 is 41.3 Å². The second-order valence-corrected chi connectivity index (χ2v) is 5.17. The third kappa shape index (κ3) is 7.20. The normalized spacial score (nSPS) is 11.3. The highest BCUT2D eigenvalue weighted by molar-refractivity contribution is 14.0. The van der Waals surface area contributed by atoms with Gasteiger partial charge in [0.2, 0.25) is 0 Å². The first kappa shape index (κ1) is 17.7. The number of nitrogens with one attached hydrogen (secondary N) is 2. The number of aliphatic imine (C=N–C) groups is 1. The summed E-state index contributed by atoms with van der Waals surface area (Å²) in [5.41, 5.74) is 0. The summed E-state index contributed by atoms with van der Waals surface area (Å²) in [7, 11) is 0. The molecule has 1 aromatic heterocycles. The van der Waals surface area contributed by atoms with E-state index in [2.05, 4.69) is 53.9 Å². The van der Waals surface area contributed by atoms with Gasteiger partial charge >= 0.3 is 0 Å². The van der Waals surface area contributed by atoms with Crippen LogP contribution in [0.3, 0.4) is 0 Å². The molecule has 0 bridgehead atoms. The van der Waals surface area contributed by atoms with E-state index in [1.165, 1.54) is 4.88 Å². The number of hydrogen-bond acceptors (Lipinski definition) is 2. The summed E-state index contributed by atoms with van der Waals surface area (Å²) < 4.78 is 0. The molecule has 0 saturated carbocycles. The summed E-state index contributed by atoms with van der Waals surface area (Å²) in [5.74, 6) is 1.51. The summed E-state index contributed by atoms with van der Waals surface area (Å²) in [5, 5.41) is 8.61. The van der Waals surface area contributed by atoms with Crippen LogP contribution in [0.5, 0.6) is 0 Å². The largest absolute Gasteiger partial charge is 0.357 e. The Labute approximate surface area is 131 Å². The highest BCUT2D eigenvalue weighted by Gasteiger charge is 2.04. The van der Waals surface area contributed by atoms with E-state index in [-0.39, 0.29) is 24.0 Å². The average molecular weight is 381 g/mol. The second kappa shape index (κ2) is 10.6. The molecule has 18 heavy (non-hydrogen) atoms. The lowest BCUT2D eigenvalue weighted by molar-refractivity contribution is 0.595. The Balaban J connectivity index is 0.00000289. The molecule has 1 aromatic rings. The van der Waals surface area contributed by atoms with E-state index in [0.29, 0.717) is 5.92 Å². The van der Waals surface area contributed by atoms with E-state index in [4.69, 9.17) is 0 Å². The molecule has 0 aliphatic heterocycles. The molecule has 0 amide bonds. The number of guanidine groups is 1. The minimum Gasteiger partial charge on any atom is -0.357 e. The van der Waals surface area contributed by atoms with E-state index in [9.17, 15) is 0 Å². The predicted octanol–water partition coefficient (Wildman–Crippen LogP) is 3.12. The standard InChI is InChI=1S/C13H23N3S.HI/c1-4-14-13(15-5-2)16-10-11(3)9-12-7-6-8-17-12;/h6-8,11H,4-5,9-10H2,1-3H3,(H2,14,15,16);1H. The molecule has 0 spiro atoms. The number of nitrogens with zero attached hydrogens (tertiary/aromatic N) is 1. The molecule has 0 saturated heterocycles. The number of hydrogen-bond donors (Lipinski definition) is 2. The zero-order chi connectivity index (χ0) is 12.5. The van der Waals surface area contributed by atoms with Crippen LogP contribution in [-0.2, 0) is 6.42 Å². The monoisotopic (exact) mass is 381 g/mol. The molecule has 1 rings (SSSR count). The van der Waals surface area contributed by atoms with Crippen molar-refractivity contribution in [3.63, 3.8) is 0 Å². The maximum atomic E-state index is 4.58. The van der Waals surface area contributed by atoms with Gasteiger partial charge in [0.05, 0.1) is 0 Å². The quantitative estimate of drug-likeness (QED) is 0.451. The fraction of sp³-hybridized carbons (Fsp3) is 0.615. The van der Waals surface area contributed by atoms with E-state index >= 15 is 0 Å². The van der Waals surface area contributed by atoms with Crippen LogP contribution in [0.15, 0.2) is 22.5 Å². The molecule has 0 aliphatic rings. The summed E-state index contributed by atoms with van der Waals surface area (Å²) in [6.07, 6.45) is 1.12. The first-order valence-electron chi connectivity index (χ1n) is 6.30. The molecular formula is C13H24IN3S. The lowest BCUT2D eigenvalue weighted by atomic mass is 10.1. The van der Waals surface area contributed by atoms with Crippen LogP contribution in [0.2, 0.25) is 0 Å². The van der Waals surface area contributed by atoms with Crippen molar-refractivity contribution in [2.45, 2.75) is 27.2 Å². The van der Waals surface area contributed by atoms with Gasteiger partial charge in [-0.2, -0.15) is 0 Å². The molecule has 1 heterocycles. The molecule has 3 nitrogen and oxygen atoms in total. The fourth-order valence-electron chi connectivity index (χ4n) is 1.59. The molecule has 0 aromatic carbocycles. The number of thiophene rings is 1. The third-order valence-corrected chi connectivity index (χ3v) is 3.28. The van der Waals surface area contributed by atoms with Crippen LogP contribution < -0.4 is 10.6 Å². The molecule has 104 valence electrons. The highest BCUT2D eigenvalue weighted by Crippen LogP contribution is 2.14. The van der Waals surface area contributed by atoms with E-state index in [1.807, 2.05) is 11.3 Å². The van der Waals surface area contributed by atoms with Crippen LogP contribution in [0, 0.1) is 5.92 Å². The Morgan fingerprint density at radius 1 is 1.33 bits per heavy atom. The maximum Gasteiger partial charge on any atom is 0.191 e. The van der Waals surface area contributed by atoms with Gasteiger partial charge in [-0.1, -0.05) is 13.0 Å². The number of rotatable bonds is 6. The number of halogens is 1. The molecule has 1 unspecified atom stereocenters. The molecule has 0 fully saturated rings. The zero-order valence-electron chi connectivity index (χ0n) is 11.4. The van der Waals surface area contributed by atoms with Crippen molar-refractivity contribution in [2.75, 3.05) is 19.6 Å². The Morgan fingerprint density at radius 3 is 2.50 bits per heavy atom. The van der Waals surface area contributed by atoms with Gasteiger partial charge in [0.25, 0.3) is 0 Å². The summed E-state index contributed by atoms with van der Waals surface area (Å²) in [6, 6.07) is 4.30. The topological polar surface area (TPSA) is 36.4 Å². The summed E-state index contributed by atoms with van der Waals surface area (Å²) >= 11 is 1.83. The summed E-state index contributed by atoms with van der Waals surface area (Å²) in [4.78, 5) is 6.03. The lowest BCUT2D eigenvalue weighted by Gasteiger charge is -2.11. The van der Waals surface area contributed by atoms with Crippen molar-refractivity contribution in [1.82, 2.24) is 10.6 Å². The SMILES string of the molecule is CCNC(=NCC(C)Cc1cccs1)NCC.I.